The van der Waals surface area contributed by atoms with Gasteiger partial charge >= 0.3 is 0 Å². The highest BCUT2D eigenvalue weighted by Crippen LogP contribution is 2.37. The molecule has 1 saturated heterocycles. The molecule has 0 radical (unpaired) electrons. The SMILES string of the molecule is CS(=O)(=O)N[C@H]1CCCN[C@H]1COC1CCC(c2cccnc2OCC=O)CC1. The Morgan fingerprint density at radius 1 is 1.28 bits per heavy atom. The third kappa shape index (κ3) is 6.74. The van der Waals surface area contributed by atoms with Crippen molar-refractivity contribution >= 4 is 16.3 Å². The van der Waals surface area contributed by atoms with Crippen molar-refractivity contribution in [2.75, 3.05) is 26.0 Å². The summed E-state index contributed by atoms with van der Waals surface area (Å²) in [6, 6.07) is 3.79. The molecule has 8 nitrogen and oxygen atoms in total. The van der Waals surface area contributed by atoms with Crippen molar-refractivity contribution in [3.63, 3.8) is 0 Å². The van der Waals surface area contributed by atoms with Crippen LogP contribution < -0.4 is 14.8 Å². The van der Waals surface area contributed by atoms with Crippen molar-refractivity contribution in [2.24, 2.45) is 0 Å². The van der Waals surface area contributed by atoms with Crippen LogP contribution in [0.1, 0.15) is 50.0 Å². The predicted molar refractivity (Wildman–Crippen MR) is 110 cm³/mol. The zero-order valence-electron chi connectivity index (χ0n) is 16.9. The quantitative estimate of drug-likeness (QED) is 0.576. The number of pyridine rings is 1. The molecular weight excluding hydrogens is 394 g/mol. The van der Waals surface area contributed by atoms with E-state index < -0.39 is 10.0 Å². The van der Waals surface area contributed by atoms with Gasteiger partial charge in [0.2, 0.25) is 15.9 Å². The second-order valence-corrected chi connectivity index (χ2v) is 9.66. The van der Waals surface area contributed by atoms with E-state index in [1.54, 1.807) is 6.20 Å². The lowest BCUT2D eigenvalue weighted by Crippen LogP contribution is -2.55. The smallest absolute Gasteiger partial charge is 0.217 e. The Kier molecular flexibility index (Phi) is 7.99. The summed E-state index contributed by atoms with van der Waals surface area (Å²) >= 11 is 0. The first-order valence-corrected chi connectivity index (χ1v) is 12.2. The third-order valence-corrected chi connectivity index (χ3v) is 6.39. The number of nitrogens with one attached hydrogen (secondary N) is 2. The number of carbonyl (C=O) groups is 1. The van der Waals surface area contributed by atoms with Crippen LogP contribution in [0.5, 0.6) is 5.88 Å². The van der Waals surface area contributed by atoms with Crippen molar-refractivity contribution in [3.05, 3.63) is 23.9 Å². The number of piperidine rings is 1. The van der Waals surface area contributed by atoms with Gasteiger partial charge in [0.05, 0.1) is 19.0 Å². The lowest BCUT2D eigenvalue weighted by Gasteiger charge is -2.35. The van der Waals surface area contributed by atoms with Gasteiger partial charge in [0.25, 0.3) is 0 Å². The number of aldehydes is 1. The van der Waals surface area contributed by atoms with Crippen molar-refractivity contribution in [1.82, 2.24) is 15.0 Å². The van der Waals surface area contributed by atoms with Crippen molar-refractivity contribution in [2.45, 2.75) is 62.6 Å². The van der Waals surface area contributed by atoms with E-state index in [1.807, 2.05) is 12.1 Å². The van der Waals surface area contributed by atoms with Gasteiger partial charge in [-0.2, -0.15) is 0 Å². The Morgan fingerprint density at radius 2 is 2.07 bits per heavy atom. The molecule has 0 aromatic carbocycles. The average molecular weight is 426 g/mol. The van der Waals surface area contributed by atoms with Gasteiger partial charge in [-0.15, -0.1) is 0 Å². The number of rotatable bonds is 9. The van der Waals surface area contributed by atoms with E-state index in [-0.39, 0.29) is 24.8 Å². The van der Waals surface area contributed by atoms with Crippen LogP contribution in [0.2, 0.25) is 0 Å². The lowest BCUT2D eigenvalue weighted by molar-refractivity contribution is -0.109. The molecule has 0 unspecified atom stereocenters. The molecule has 0 amide bonds. The van der Waals surface area contributed by atoms with Gasteiger partial charge in [-0.3, -0.25) is 4.79 Å². The van der Waals surface area contributed by atoms with Gasteiger partial charge in [-0.1, -0.05) is 6.07 Å². The molecule has 3 rings (SSSR count). The fraction of sp³-hybridized carbons (Fsp3) is 0.700. The molecular formula is C20H31N3O5S. The minimum Gasteiger partial charge on any atom is -0.470 e. The maximum atomic E-state index is 11.6. The molecule has 2 aliphatic rings. The topological polar surface area (TPSA) is 107 Å². The molecule has 162 valence electrons. The standard InChI is InChI=1S/C20H31N3O5S/c1-29(25,26)23-18-5-3-10-21-19(18)14-28-16-8-6-15(7-9-16)17-4-2-11-22-20(17)27-13-12-24/h2,4,11-12,15-16,18-19,21,23H,3,5-10,13-14H2,1H3/t15?,16?,18-,19-/m0/s1. The first-order chi connectivity index (χ1) is 14.0. The molecule has 1 aromatic heterocycles. The van der Waals surface area contributed by atoms with Crippen molar-refractivity contribution < 1.29 is 22.7 Å². The van der Waals surface area contributed by atoms with Crippen molar-refractivity contribution in [1.29, 1.82) is 0 Å². The number of nitrogens with zero attached hydrogens (tertiary/aromatic N) is 1. The molecule has 29 heavy (non-hydrogen) atoms. The first-order valence-electron chi connectivity index (χ1n) is 10.3. The number of hydrogen-bond donors (Lipinski definition) is 2. The molecule has 9 heteroatoms. The summed E-state index contributed by atoms with van der Waals surface area (Å²) in [6.07, 6.45) is 9.36. The molecule has 2 fully saturated rings. The third-order valence-electron chi connectivity index (χ3n) is 5.66. The number of carbonyl (C=O) groups excluding carboxylic acids is 1. The Morgan fingerprint density at radius 3 is 2.79 bits per heavy atom. The summed E-state index contributed by atoms with van der Waals surface area (Å²) in [7, 11) is -3.23. The second kappa shape index (κ2) is 10.5. The summed E-state index contributed by atoms with van der Waals surface area (Å²) in [4.78, 5) is 14.9. The normalized spacial score (nSPS) is 28.0. The summed E-state index contributed by atoms with van der Waals surface area (Å²) in [5.74, 6) is 0.891. The summed E-state index contributed by atoms with van der Waals surface area (Å²) in [5.41, 5.74) is 1.05. The molecule has 1 aliphatic carbocycles. The maximum absolute atomic E-state index is 11.6. The highest BCUT2D eigenvalue weighted by atomic mass is 32.2. The number of aromatic nitrogens is 1. The minimum absolute atomic E-state index is 0.00198. The van der Waals surface area contributed by atoms with E-state index in [0.717, 1.165) is 56.9 Å². The van der Waals surface area contributed by atoms with E-state index in [2.05, 4.69) is 15.0 Å². The van der Waals surface area contributed by atoms with E-state index in [4.69, 9.17) is 9.47 Å². The van der Waals surface area contributed by atoms with Gasteiger partial charge in [-0.25, -0.2) is 18.1 Å². The van der Waals surface area contributed by atoms with Crippen LogP contribution in [0.4, 0.5) is 0 Å². The number of sulfonamides is 1. The summed E-state index contributed by atoms with van der Waals surface area (Å²) in [5, 5.41) is 3.39. The lowest BCUT2D eigenvalue weighted by atomic mass is 9.83. The van der Waals surface area contributed by atoms with E-state index in [1.165, 1.54) is 6.26 Å². The van der Waals surface area contributed by atoms with E-state index in [9.17, 15) is 13.2 Å². The minimum atomic E-state index is -3.23. The van der Waals surface area contributed by atoms with Crippen LogP contribution in [0.15, 0.2) is 18.3 Å². The van der Waals surface area contributed by atoms with Gasteiger partial charge in [0.1, 0.15) is 6.61 Å². The summed E-state index contributed by atoms with van der Waals surface area (Å²) < 4.78 is 37.6. The zero-order chi connectivity index (χ0) is 20.7. The monoisotopic (exact) mass is 425 g/mol. The van der Waals surface area contributed by atoms with Crippen LogP contribution in [-0.2, 0) is 19.6 Å². The number of ether oxygens (including phenoxy) is 2. The molecule has 1 aliphatic heterocycles. The highest BCUT2D eigenvalue weighted by molar-refractivity contribution is 7.88. The fourth-order valence-corrected chi connectivity index (χ4v) is 5.10. The Bertz CT molecular complexity index is 765. The maximum Gasteiger partial charge on any atom is 0.217 e. The summed E-state index contributed by atoms with van der Waals surface area (Å²) in [6.45, 7) is 1.40. The van der Waals surface area contributed by atoms with Crippen LogP contribution in [0.25, 0.3) is 0 Å². The fourth-order valence-electron chi connectivity index (χ4n) is 4.27. The molecule has 0 spiro atoms. The van der Waals surface area contributed by atoms with Crippen LogP contribution in [0.3, 0.4) is 0 Å². The van der Waals surface area contributed by atoms with Crippen LogP contribution in [0, 0.1) is 0 Å². The second-order valence-electron chi connectivity index (χ2n) is 7.88. The van der Waals surface area contributed by atoms with E-state index in [0.29, 0.717) is 18.4 Å². The highest BCUT2D eigenvalue weighted by Gasteiger charge is 2.30. The van der Waals surface area contributed by atoms with E-state index >= 15 is 0 Å². The molecule has 0 bridgehead atoms. The molecule has 2 heterocycles. The van der Waals surface area contributed by atoms with Crippen LogP contribution >= 0.6 is 0 Å². The Hall–Kier alpha value is -1.55. The van der Waals surface area contributed by atoms with Gasteiger partial charge in [-0.05, 0) is 57.1 Å². The zero-order valence-corrected chi connectivity index (χ0v) is 17.7. The average Bonchev–Trinajstić information content (AvgIpc) is 2.71. The molecule has 1 aromatic rings. The Balaban J connectivity index is 1.49. The molecule has 2 atom stereocenters. The molecule has 2 N–H and O–H groups in total. The van der Waals surface area contributed by atoms with Gasteiger partial charge in [0, 0.05) is 23.8 Å². The largest absolute Gasteiger partial charge is 0.470 e. The van der Waals surface area contributed by atoms with Gasteiger partial charge < -0.3 is 14.8 Å². The van der Waals surface area contributed by atoms with Crippen molar-refractivity contribution in [3.8, 4) is 5.88 Å². The predicted octanol–water partition coefficient (Wildman–Crippen LogP) is 1.37. The Labute approximate surface area is 172 Å². The van der Waals surface area contributed by atoms with Gasteiger partial charge in [0.15, 0.2) is 6.29 Å². The van der Waals surface area contributed by atoms with Crippen LogP contribution in [-0.4, -0.2) is 63.9 Å². The molecule has 1 saturated carbocycles. The number of hydrogen-bond acceptors (Lipinski definition) is 7. The first kappa shape index (κ1) is 22.1.